The molecule has 0 bridgehead atoms. The van der Waals surface area contributed by atoms with Crippen LogP contribution in [0.5, 0.6) is 5.88 Å². The minimum absolute atomic E-state index is 0.0538. The summed E-state index contributed by atoms with van der Waals surface area (Å²) in [5, 5.41) is 0. The molecule has 0 unspecified atom stereocenters. The second-order valence-electron chi connectivity index (χ2n) is 4.18. The Balaban J connectivity index is 2.12. The van der Waals surface area contributed by atoms with Gasteiger partial charge < -0.3 is 4.74 Å². The molecule has 0 aliphatic rings. The summed E-state index contributed by atoms with van der Waals surface area (Å²) in [4.78, 5) is 16.2. The van der Waals surface area contributed by atoms with Gasteiger partial charge >= 0.3 is 5.88 Å². The number of ketones is 1. The Bertz CT molecular complexity index is 541. The van der Waals surface area contributed by atoms with Gasteiger partial charge in [-0.2, -0.15) is 4.57 Å². The van der Waals surface area contributed by atoms with E-state index in [0.29, 0.717) is 18.1 Å². The number of benzene rings is 1. The van der Waals surface area contributed by atoms with Gasteiger partial charge in [0.1, 0.15) is 6.20 Å². The molecule has 0 spiro atoms. The summed E-state index contributed by atoms with van der Waals surface area (Å²) >= 11 is 0. The van der Waals surface area contributed by atoms with Crippen LogP contribution in [0.3, 0.4) is 0 Å². The highest BCUT2D eigenvalue weighted by atomic mass is 16.5. The molecular formula is C15H17N2O2+. The molecule has 98 valence electrons. The summed E-state index contributed by atoms with van der Waals surface area (Å²) < 4.78 is 7.35. The van der Waals surface area contributed by atoms with E-state index in [9.17, 15) is 4.79 Å². The first-order chi connectivity index (χ1) is 9.31. The van der Waals surface area contributed by atoms with E-state index in [0.717, 1.165) is 6.42 Å². The lowest BCUT2D eigenvalue weighted by atomic mass is 10.1. The quantitative estimate of drug-likeness (QED) is 0.587. The molecule has 2 aromatic rings. The third kappa shape index (κ3) is 3.61. The highest BCUT2D eigenvalue weighted by Gasteiger charge is 2.17. The standard InChI is InChI=1S/C15H17N2O2/c1-2-10-19-15-11-16-8-9-17(15)12-14(18)13-6-4-3-5-7-13/h3-9,11H,2,10,12H2,1H3/q+1. The number of carbonyl (C=O) groups is 1. The van der Waals surface area contributed by atoms with E-state index in [1.807, 2.05) is 37.3 Å². The molecule has 0 N–H and O–H groups in total. The Morgan fingerprint density at radius 2 is 2.11 bits per heavy atom. The van der Waals surface area contributed by atoms with Crippen LogP contribution in [0.15, 0.2) is 48.9 Å². The summed E-state index contributed by atoms with van der Waals surface area (Å²) in [7, 11) is 0. The molecule has 0 aliphatic heterocycles. The molecular weight excluding hydrogens is 240 g/mol. The number of aromatic nitrogens is 2. The third-order valence-electron chi connectivity index (χ3n) is 2.66. The first-order valence-corrected chi connectivity index (χ1v) is 6.35. The van der Waals surface area contributed by atoms with Crippen molar-refractivity contribution in [3.8, 4) is 5.88 Å². The van der Waals surface area contributed by atoms with Crippen molar-refractivity contribution in [2.45, 2.75) is 19.9 Å². The molecule has 0 fully saturated rings. The first-order valence-electron chi connectivity index (χ1n) is 6.35. The SMILES string of the molecule is CCCOc1cncc[n+]1CC(=O)c1ccccc1. The molecule has 4 nitrogen and oxygen atoms in total. The average Bonchev–Trinajstić information content (AvgIpc) is 2.47. The van der Waals surface area contributed by atoms with Crippen LogP contribution < -0.4 is 9.30 Å². The van der Waals surface area contributed by atoms with Crippen LogP contribution in [0.4, 0.5) is 0 Å². The highest BCUT2D eigenvalue weighted by Crippen LogP contribution is 2.03. The van der Waals surface area contributed by atoms with Crippen LogP contribution in [-0.4, -0.2) is 17.4 Å². The molecule has 0 saturated carbocycles. The monoisotopic (exact) mass is 257 g/mol. The summed E-state index contributed by atoms with van der Waals surface area (Å²) in [5.41, 5.74) is 0.702. The normalized spacial score (nSPS) is 10.2. The van der Waals surface area contributed by atoms with E-state index < -0.39 is 0 Å². The fourth-order valence-corrected chi connectivity index (χ4v) is 1.70. The fourth-order valence-electron chi connectivity index (χ4n) is 1.70. The molecule has 1 heterocycles. The van der Waals surface area contributed by atoms with Crippen LogP contribution in [0.2, 0.25) is 0 Å². The van der Waals surface area contributed by atoms with Gasteiger partial charge in [0.05, 0.1) is 12.8 Å². The Morgan fingerprint density at radius 3 is 2.84 bits per heavy atom. The number of carbonyl (C=O) groups excluding carboxylic acids is 1. The van der Waals surface area contributed by atoms with Crippen molar-refractivity contribution < 1.29 is 14.1 Å². The van der Waals surface area contributed by atoms with E-state index >= 15 is 0 Å². The largest absolute Gasteiger partial charge is 0.443 e. The lowest BCUT2D eigenvalue weighted by molar-refractivity contribution is -0.689. The molecule has 1 aromatic carbocycles. The highest BCUT2D eigenvalue weighted by molar-refractivity contribution is 5.94. The zero-order valence-corrected chi connectivity index (χ0v) is 11.0. The Hall–Kier alpha value is -2.23. The van der Waals surface area contributed by atoms with E-state index in [1.54, 1.807) is 23.2 Å². The molecule has 19 heavy (non-hydrogen) atoms. The number of rotatable bonds is 6. The van der Waals surface area contributed by atoms with Gasteiger partial charge in [-0.25, -0.2) is 4.98 Å². The van der Waals surface area contributed by atoms with Gasteiger partial charge in [-0.1, -0.05) is 37.3 Å². The van der Waals surface area contributed by atoms with Crippen molar-refractivity contribution >= 4 is 5.78 Å². The summed E-state index contributed by atoms with van der Waals surface area (Å²) in [5.74, 6) is 0.673. The van der Waals surface area contributed by atoms with E-state index in [1.165, 1.54) is 0 Å². The number of Topliss-reactive ketones (excluding diaryl/α,β-unsaturated/α-hetero) is 1. The smallest absolute Gasteiger partial charge is 0.387 e. The van der Waals surface area contributed by atoms with Gasteiger partial charge in [0.2, 0.25) is 12.3 Å². The fraction of sp³-hybridized carbons (Fsp3) is 0.267. The first kappa shape index (κ1) is 13.2. The third-order valence-corrected chi connectivity index (χ3v) is 2.66. The summed E-state index contributed by atoms with van der Waals surface area (Å²) in [6.45, 7) is 2.91. The number of hydrogen-bond acceptors (Lipinski definition) is 3. The maximum Gasteiger partial charge on any atom is 0.387 e. The van der Waals surface area contributed by atoms with Crippen LogP contribution in [-0.2, 0) is 6.54 Å². The number of nitrogens with zero attached hydrogens (tertiary/aromatic N) is 2. The number of hydrogen-bond donors (Lipinski definition) is 0. The lowest BCUT2D eigenvalue weighted by Gasteiger charge is -2.04. The number of ether oxygens (including phenoxy) is 1. The molecule has 1 aromatic heterocycles. The second-order valence-corrected chi connectivity index (χ2v) is 4.18. The van der Waals surface area contributed by atoms with Crippen molar-refractivity contribution in [3.05, 3.63) is 54.5 Å². The van der Waals surface area contributed by atoms with Crippen molar-refractivity contribution in [2.75, 3.05) is 6.61 Å². The van der Waals surface area contributed by atoms with E-state index in [-0.39, 0.29) is 12.3 Å². The molecule has 0 aliphatic carbocycles. The van der Waals surface area contributed by atoms with Crippen molar-refractivity contribution in [2.24, 2.45) is 0 Å². The zero-order chi connectivity index (χ0) is 13.5. The van der Waals surface area contributed by atoms with Crippen LogP contribution >= 0.6 is 0 Å². The average molecular weight is 257 g/mol. The predicted octanol–water partition coefficient (Wildman–Crippen LogP) is 2.04. The van der Waals surface area contributed by atoms with Crippen LogP contribution in [0.25, 0.3) is 0 Å². The van der Waals surface area contributed by atoms with Crippen LogP contribution in [0, 0.1) is 0 Å². The second kappa shape index (κ2) is 6.64. The van der Waals surface area contributed by atoms with Gasteiger partial charge in [-0.05, 0) is 6.42 Å². The minimum atomic E-state index is 0.0538. The molecule has 2 rings (SSSR count). The van der Waals surface area contributed by atoms with Gasteiger partial charge in [0.15, 0.2) is 6.20 Å². The molecule has 0 atom stereocenters. The van der Waals surface area contributed by atoms with E-state index in [4.69, 9.17) is 4.74 Å². The van der Waals surface area contributed by atoms with E-state index in [2.05, 4.69) is 4.98 Å². The molecule has 0 saturated heterocycles. The Morgan fingerprint density at radius 1 is 1.32 bits per heavy atom. The molecule has 4 heteroatoms. The van der Waals surface area contributed by atoms with Gasteiger partial charge in [-0.3, -0.25) is 4.79 Å². The van der Waals surface area contributed by atoms with Crippen LogP contribution in [0.1, 0.15) is 23.7 Å². The summed E-state index contributed by atoms with van der Waals surface area (Å²) in [6.07, 6.45) is 5.96. The Labute approximate surface area is 112 Å². The predicted molar refractivity (Wildman–Crippen MR) is 71.0 cm³/mol. The summed E-state index contributed by atoms with van der Waals surface area (Å²) in [6, 6.07) is 9.25. The zero-order valence-electron chi connectivity index (χ0n) is 11.0. The van der Waals surface area contributed by atoms with Gasteiger partial charge in [0, 0.05) is 5.56 Å². The van der Waals surface area contributed by atoms with Gasteiger partial charge in [-0.15, -0.1) is 0 Å². The van der Waals surface area contributed by atoms with Crippen molar-refractivity contribution in [1.82, 2.24) is 4.98 Å². The topological polar surface area (TPSA) is 43.1 Å². The maximum absolute atomic E-state index is 12.1. The lowest BCUT2D eigenvalue weighted by Crippen LogP contribution is -2.39. The molecule has 0 amide bonds. The Kier molecular flexibility index (Phi) is 4.61. The van der Waals surface area contributed by atoms with Gasteiger partial charge in [0.25, 0.3) is 0 Å². The van der Waals surface area contributed by atoms with Crippen molar-refractivity contribution in [1.29, 1.82) is 0 Å². The van der Waals surface area contributed by atoms with Crippen molar-refractivity contribution in [3.63, 3.8) is 0 Å². The minimum Gasteiger partial charge on any atom is -0.443 e. The maximum atomic E-state index is 12.1. The molecule has 0 radical (unpaired) electrons.